The predicted molar refractivity (Wildman–Crippen MR) is 68.3 cm³/mol. The average Bonchev–Trinajstić information content (AvgIpc) is 2.38. The van der Waals surface area contributed by atoms with Crippen LogP contribution in [0.5, 0.6) is 5.88 Å². The van der Waals surface area contributed by atoms with Crippen molar-refractivity contribution in [1.29, 1.82) is 0 Å². The first kappa shape index (κ1) is 14.4. The van der Waals surface area contributed by atoms with E-state index in [4.69, 9.17) is 15.2 Å². The van der Waals surface area contributed by atoms with E-state index in [9.17, 15) is 4.79 Å². The Kier molecular flexibility index (Phi) is 6.14. The number of esters is 1. The number of rotatable bonds is 7. The smallest absolute Gasteiger partial charge is 0.305 e. The van der Waals surface area contributed by atoms with Crippen molar-refractivity contribution in [2.75, 3.05) is 13.7 Å². The molecule has 0 aliphatic carbocycles. The number of nitrogens with two attached hydrogens (primary N) is 1. The summed E-state index contributed by atoms with van der Waals surface area (Å²) >= 11 is 0. The van der Waals surface area contributed by atoms with E-state index in [-0.39, 0.29) is 12.0 Å². The molecule has 0 aliphatic rings. The van der Waals surface area contributed by atoms with Crippen LogP contribution in [-0.2, 0) is 16.0 Å². The Labute approximate surface area is 107 Å². The molecule has 1 aromatic heterocycles. The molecule has 0 aliphatic heterocycles. The molecule has 5 heteroatoms. The summed E-state index contributed by atoms with van der Waals surface area (Å²) in [5.74, 6) is 0.389. The van der Waals surface area contributed by atoms with Crippen molar-refractivity contribution in [2.24, 2.45) is 5.73 Å². The molecule has 0 amide bonds. The van der Waals surface area contributed by atoms with Crippen LogP contribution in [0.15, 0.2) is 18.3 Å². The Morgan fingerprint density at radius 2 is 2.28 bits per heavy atom. The zero-order chi connectivity index (χ0) is 13.4. The van der Waals surface area contributed by atoms with E-state index in [1.165, 1.54) is 0 Å². The molecular weight excluding hydrogens is 232 g/mol. The van der Waals surface area contributed by atoms with Gasteiger partial charge in [0.05, 0.1) is 13.7 Å². The first-order chi connectivity index (χ1) is 8.65. The van der Waals surface area contributed by atoms with Crippen LogP contribution in [0.25, 0.3) is 0 Å². The molecule has 0 aromatic carbocycles. The summed E-state index contributed by atoms with van der Waals surface area (Å²) in [4.78, 5) is 15.3. The van der Waals surface area contributed by atoms with E-state index in [1.54, 1.807) is 26.3 Å². The highest BCUT2D eigenvalue weighted by Crippen LogP contribution is 2.10. The fraction of sp³-hybridized carbons (Fsp3) is 0.538. The van der Waals surface area contributed by atoms with Crippen molar-refractivity contribution >= 4 is 5.97 Å². The van der Waals surface area contributed by atoms with Gasteiger partial charge in [0.15, 0.2) is 0 Å². The number of pyridine rings is 1. The zero-order valence-electron chi connectivity index (χ0n) is 10.9. The monoisotopic (exact) mass is 252 g/mol. The van der Waals surface area contributed by atoms with Crippen LogP contribution >= 0.6 is 0 Å². The Balaban J connectivity index is 2.34. The molecule has 1 atom stereocenters. The topological polar surface area (TPSA) is 74.4 Å². The minimum Gasteiger partial charge on any atom is -0.481 e. The van der Waals surface area contributed by atoms with E-state index >= 15 is 0 Å². The second kappa shape index (κ2) is 7.66. The number of carbonyl (C=O) groups excluding carboxylic acids is 1. The van der Waals surface area contributed by atoms with Gasteiger partial charge in [-0.25, -0.2) is 4.98 Å². The summed E-state index contributed by atoms with van der Waals surface area (Å²) in [6, 6.07) is 3.66. The molecule has 18 heavy (non-hydrogen) atoms. The van der Waals surface area contributed by atoms with Crippen molar-refractivity contribution in [3.63, 3.8) is 0 Å². The number of carbonyl (C=O) groups is 1. The first-order valence-electron chi connectivity index (χ1n) is 6.05. The maximum Gasteiger partial charge on any atom is 0.305 e. The Morgan fingerprint density at radius 1 is 1.50 bits per heavy atom. The van der Waals surface area contributed by atoms with Crippen molar-refractivity contribution in [1.82, 2.24) is 4.98 Å². The number of aromatic nitrogens is 1. The van der Waals surface area contributed by atoms with Gasteiger partial charge in [0, 0.05) is 24.7 Å². The molecule has 0 spiro atoms. The average molecular weight is 252 g/mol. The summed E-state index contributed by atoms with van der Waals surface area (Å²) in [7, 11) is 1.58. The number of ether oxygens (including phenoxy) is 2. The lowest BCUT2D eigenvalue weighted by Gasteiger charge is -2.11. The van der Waals surface area contributed by atoms with Crippen molar-refractivity contribution in [2.45, 2.75) is 32.2 Å². The lowest BCUT2D eigenvalue weighted by Crippen LogP contribution is -2.24. The summed E-state index contributed by atoms with van der Waals surface area (Å²) in [6.45, 7) is 2.21. The summed E-state index contributed by atoms with van der Waals surface area (Å²) in [5, 5.41) is 0. The van der Waals surface area contributed by atoms with Gasteiger partial charge in [-0.15, -0.1) is 0 Å². The molecule has 2 N–H and O–H groups in total. The Hall–Kier alpha value is -1.62. The number of hydrogen-bond acceptors (Lipinski definition) is 5. The lowest BCUT2D eigenvalue weighted by atomic mass is 10.0. The third-order valence-electron chi connectivity index (χ3n) is 2.53. The minimum absolute atomic E-state index is 0.0652. The molecule has 1 aromatic rings. The zero-order valence-corrected chi connectivity index (χ0v) is 10.9. The minimum atomic E-state index is -0.194. The van der Waals surface area contributed by atoms with Gasteiger partial charge in [0.2, 0.25) is 5.88 Å². The van der Waals surface area contributed by atoms with Crippen LogP contribution in [0.4, 0.5) is 0 Å². The second-order valence-corrected chi connectivity index (χ2v) is 4.02. The molecule has 0 saturated carbocycles. The van der Waals surface area contributed by atoms with Gasteiger partial charge in [0.25, 0.3) is 0 Å². The van der Waals surface area contributed by atoms with Crippen LogP contribution in [0.3, 0.4) is 0 Å². The molecule has 0 fully saturated rings. The van der Waals surface area contributed by atoms with Crippen molar-refractivity contribution < 1.29 is 14.3 Å². The maximum absolute atomic E-state index is 11.2. The normalized spacial score (nSPS) is 11.9. The molecular formula is C13H20N2O3. The molecule has 0 saturated heterocycles. The van der Waals surface area contributed by atoms with Crippen LogP contribution in [0.2, 0.25) is 0 Å². The van der Waals surface area contributed by atoms with Gasteiger partial charge in [-0.05, 0) is 25.3 Å². The quantitative estimate of drug-likeness (QED) is 0.740. The SMILES string of the molecule is CCOC(=O)CCC(N)Cc1ccc(OC)nc1. The van der Waals surface area contributed by atoms with Crippen LogP contribution < -0.4 is 10.5 Å². The molecule has 0 bridgehead atoms. The van der Waals surface area contributed by atoms with E-state index in [2.05, 4.69) is 4.98 Å². The number of hydrogen-bond donors (Lipinski definition) is 1. The highest BCUT2D eigenvalue weighted by atomic mass is 16.5. The number of nitrogens with zero attached hydrogens (tertiary/aromatic N) is 1. The largest absolute Gasteiger partial charge is 0.481 e. The second-order valence-electron chi connectivity index (χ2n) is 4.02. The van der Waals surface area contributed by atoms with Gasteiger partial charge in [-0.1, -0.05) is 6.07 Å². The predicted octanol–water partition coefficient (Wildman–Crippen LogP) is 1.30. The third-order valence-corrected chi connectivity index (χ3v) is 2.53. The van der Waals surface area contributed by atoms with E-state index in [0.717, 1.165) is 5.56 Å². The van der Waals surface area contributed by atoms with Crippen LogP contribution in [-0.4, -0.2) is 30.7 Å². The first-order valence-corrected chi connectivity index (χ1v) is 6.05. The summed E-state index contributed by atoms with van der Waals surface area (Å²) in [6.07, 6.45) is 3.41. The van der Waals surface area contributed by atoms with Gasteiger partial charge < -0.3 is 15.2 Å². The van der Waals surface area contributed by atoms with Crippen molar-refractivity contribution in [3.05, 3.63) is 23.9 Å². The maximum atomic E-state index is 11.2. The van der Waals surface area contributed by atoms with E-state index in [1.807, 2.05) is 6.07 Å². The Bertz CT molecular complexity index is 365. The highest BCUT2D eigenvalue weighted by molar-refractivity contribution is 5.69. The lowest BCUT2D eigenvalue weighted by molar-refractivity contribution is -0.143. The molecule has 1 rings (SSSR count). The Morgan fingerprint density at radius 3 is 2.83 bits per heavy atom. The number of methoxy groups -OCH3 is 1. The molecule has 100 valence electrons. The summed E-state index contributed by atoms with van der Waals surface area (Å²) in [5.41, 5.74) is 6.99. The third kappa shape index (κ3) is 5.14. The van der Waals surface area contributed by atoms with Crippen molar-refractivity contribution in [3.8, 4) is 5.88 Å². The molecule has 1 unspecified atom stereocenters. The van der Waals surface area contributed by atoms with E-state index < -0.39 is 0 Å². The standard InChI is InChI=1S/C13H20N2O3/c1-3-18-13(16)7-5-11(14)8-10-4-6-12(17-2)15-9-10/h4,6,9,11H,3,5,7-8,14H2,1-2H3. The van der Waals surface area contributed by atoms with Gasteiger partial charge in [-0.2, -0.15) is 0 Å². The van der Waals surface area contributed by atoms with Crippen LogP contribution in [0.1, 0.15) is 25.3 Å². The highest BCUT2D eigenvalue weighted by Gasteiger charge is 2.09. The molecule has 5 nitrogen and oxygen atoms in total. The summed E-state index contributed by atoms with van der Waals surface area (Å²) < 4.78 is 9.83. The molecule has 1 heterocycles. The van der Waals surface area contributed by atoms with Crippen LogP contribution in [0, 0.1) is 0 Å². The van der Waals surface area contributed by atoms with E-state index in [0.29, 0.717) is 31.7 Å². The van der Waals surface area contributed by atoms with Gasteiger partial charge >= 0.3 is 5.97 Å². The fourth-order valence-electron chi connectivity index (χ4n) is 1.59. The molecule has 0 radical (unpaired) electrons. The van der Waals surface area contributed by atoms with Gasteiger partial charge in [0.1, 0.15) is 0 Å². The van der Waals surface area contributed by atoms with Gasteiger partial charge in [-0.3, -0.25) is 4.79 Å². The fourth-order valence-corrected chi connectivity index (χ4v) is 1.59.